The van der Waals surface area contributed by atoms with E-state index in [-0.39, 0.29) is 5.91 Å². The second-order valence-corrected chi connectivity index (χ2v) is 5.49. The molecule has 2 aromatic heterocycles. The van der Waals surface area contributed by atoms with Gasteiger partial charge in [-0.15, -0.1) is 16.4 Å². The van der Waals surface area contributed by atoms with Crippen molar-refractivity contribution < 1.29 is 4.79 Å². The van der Waals surface area contributed by atoms with E-state index in [1.165, 1.54) is 11.3 Å². The van der Waals surface area contributed by atoms with E-state index >= 15 is 0 Å². The molecule has 6 nitrogen and oxygen atoms in total. The number of nitrogens with two attached hydrogens (primary N) is 1. The Hall–Kier alpha value is -1.73. The Bertz CT molecular complexity index is 603. The fraction of sp³-hybridized carbons (Fsp3) is 0.417. The molecule has 0 spiro atoms. The van der Waals surface area contributed by atoms with Gasteiger partial charge < -0.3 is 16.0 Å². The second-order valence-electron chi connectivity index (χ2n) is 4.49. The van der Waals surface area contributed by atoms with Gasteiger partial charge in [-0.2, -0.15) is 5.10 Å². The van der Waals surface area contributed by atoms with E-state index in [4.69, 9.17) is 5.73 Å². The van der Waals surface area contributed by atoms with Crippen LogP contribution < -0.4 is 11.1 Å². The molecule has 1 saturated heterocycles. The van der Waals surface area contributed by atoms with Crippen LogP contribution in [0.25, 0.3) is 10.2 Å². The number of carbonyl (C=O) groups excluding carboxylic acids is 1. The van der Waals surface area contributed by atoms with Gasteiger partial charge in [0, 0.05) is 25.0 Å². The van der Waals surface area contributed by atoms with Gasteiger partial charge in [0.2, 0.25) is 0 Å². The van der Waals surface area contributed by atoms with Crippen molar-refractivity contribution in [1.82, 2.24) is 20.4 Å². The quantitative estimate of drug-likeness (QED) is 0.802. The Balaban J connectivity index is 1.94. The third-order valence-electron chi connectivity index (χ3n) is 3.24. The number of aromatic nitrogens is 2. The summed E-state index contributed by atoms with van der Waals surface area (Å²) >= 11 is 1.32. The van der Waals surface area contributed by atoms with Gasteiger partial charge in [0.25, 0.3) is 5.91 Å². The Morgan fingerprint density at radius 2 is 2.32 bits per heavy atom. The van der Waals surface area contributed by atoms with E-state index < -0.39 is 0 Å². The largest absolute Gasteiger partial charge is 0.397 e. The molecule has 1 aliphatic heterocycles. The van der Waals surface area contributed by atoms with E-state index in [0.717, 1.165) is 42.8 Å². The summed E-state index contributed by atoms with van der Waals surface area (Å²) in [6, 6.07) is 1.80. The van der Waals surface area contributed by atoms with E-state index in [0.29, 0.717) is 10.6 Å². The molecular weight excluding hydrogens is 262 g/mol. The zero-order valence-corrected chi connectivity index (χ0v) is 11.2. The molecule has 0 aliphatic carbocycles. The van der Waals surface area contributed by atoms with Crippen LogP contribution in [0.2, 0.25) is 0 Å². The summed E-state index contributed by atoms with van der Waals surface area (Å²) in [5, 5.41) is 11.9. The van der Waals surface area contributed by atoms with Crippen LogP contribution in [0.15, 0.2) is 12.3 Å². The third-order valence-corrected chi connectivity index (χ3v) is 4.34. The lowest BCUT2D eigenvalue weighted by Crippen LogP contribution is -2.34. The van der Waals surface area contributed by atoms with Crippen molar-refractivity contribution in [1.29, 1.82) is 0 Å². The molecule has 7 heteroatoms. The van der Waals surface area contributed by atoms with Crippen LogP contribution in [-0.2, 0) is 0 Å². The van der Waals surface area contributed by atoms with Crippen LogP contribution in [0.1, 0.15) is 16.1 Å². The van der Waals surface area contributed by atoms with E-state index in [1.807, 2.05) is 4.90 Å². The van der Waals surface area contributed by atoms with E-state index in [1.54, 1.807) is 12.3 Å². The highest BCUT2D eigenvalue weighted by Gasteiger charge is 2.23. The number of carbonyl (C=O) groups is 1. The Morgan fingerprint density at radius 1 is 1.42 bits per heavy atom. The first-order valence-electron chi connectivity index (χ1n) is 6.27. The van der Waals surface area contributed by atoms with Crippen molar-refractivity contribution in [2.75, 3.05) is 31.9 Å². The minimum absolute atomic E-state index is 0.00389. The van der Waals surface area contributed by atoms with Gasteiger partial charge in [-0.25, -0.2) is 0 Å². The lowest BCUT2D eigenvalue weighted by molar-refractivity contribution is 0.0772. The molecule has 0 unspecified atom stereocenters. The van der Waals surface area contributed by atoms with Crippen molar-refractivity contribution in [2.45, 2.75) is 6.42 Å². The van der Waals surface area contributed by atoms with Crippen molar-refractivity contribution in [3.05, 3.63) is 17.1 Å². The molecule has 0 atom stereocenters. The molecule has 3 N–H and O–H groups in total. The van der Waals surface area contributed by atoms with Crippen LogP contribution in [-0.4, -0.2) is 47.2 Å². The molecule has 0 radical (unpaired) electrons. The molecule has 1 aliphatic rings. The summed E-state index contributed by atoms with van der Waals surface area (Å²) in [5.74, 6) is 0.00389. The van der Waals surface area contributed by atoms with Crippen LogP contribution in [0, 0.1) is 0 Å². The second kappa shape index (κ2) is 5.10. The van der Waals surface area contributed by atoms with E-state index in [2.05, 4.69) is 15.5 Å². The zero-order chi connectivity index (χ0) is 13.2. The SMILES string of the molecule is Nc1c(C(=O)N2CCCNCC2)sc2nnccc12. The smallest absolute Gasteiger partial charge is 0.266 e. The molecule has 1 fully saturated rings. The summed E-state index contributed by atoms with van der Waals surface area (Å²) < 4.78 is 0. The molecule has 0 aromatic carbocycles. The number of fused-ring (bicyclic) bond motifs is 1. The van der Waals surface area contributed by atoms with Gasteiger partial charge in [0.1, 0.15) is 9.71 Å². The molecule has 3 rings (SSSR count). The highest BCUT2D eigenvalue weighted by molar-refractivity contribution is 7.21. The predicted octanol–water partition coefficient (Wildman–Crippen LogP) is 0.709. The predicted molar refractivity (Wildman–Crippen MR) is 75.2 cm³/mol. The van der Waals surface area contributed by atoms with Gasteiger partial charge >= 0.3 is 0 Å². The van der Waals surface area contributed by atoms with Crippen molar-refractivity contribution >= 4 is 33.1 Å². The van der Waals surface area contributed by atoms with Crippen LogP contribution in [0.3, 0.4) is 0 Å². The van der Waals surface area contributed by atoms with Gasteiger partial charge in [0.05, 0.1) is 11.9 Å². The summed E-state index contributed by atoms with van der Waals surface area (Å²) in [4.78, 5) is 15.7. The highest BCUT2D eigenvalue weighted by Crippen LogP contribution is 2.32. The molecule has 2 aromatic rings. The fourth-order valence-corrected chi connectivity index (χ4v) is 3.23. The highest BCUT2D eigenvalue weighted by atomic mass is 32.1. The van der Waals surface area contributed by atoms with Gasteiger partial charge in [-0.3, -0.25) is 4.79 Å². The number of nitrogen functional groups attached to an aromatic ring is 1. The van der Waals surface area contributed by atoms with E-state index in [9.17, 15) is 4.79 Å². The van der Waals surface area contributed by atoms with Gasteiger partial charge in [-0.05, 0) is 19.0 Å². The Morgan fingerprint density at radius 3 is 3.16 bits per heavy atom. The first kappa shape index (κ1) is 12.3. The number of amides is 1. The number of thiophene rings is 1. The first-order valence-corrected chi connectivity index (χ1v) is 7.08. The van der Waals surface area contributed by atoms with Crippen LogP contribution in [0.4, 0.5) is 5.69 Å². The number of hydrogen-bond acceptors (Lipinski definition) is 6. The summed E-state index contributed by atoms with van der Waals surface area (Å²) in [6.45, 7) is 3.27. The lowest BCUT2D eigenvalue weighted by Gasteiger charge is -2.19. The molecule has 3 heterocycles. The average molecular weight is 277 g/mol. The minimum Gasteiger partial charge on any atom is -0.397 e. The maximum absolute atomic E-state index is 12.5. The number of nitrogens with zero attached hydrogens (tertiary/aromatic N) is 3. The van der Waals surface area contributed by atoms with Crippen molar-refractivity contribution in [2.24, 2.45) is 0 Å². The number of hydrogen-bond donors (Lipinski definition) is 2. The van der Waals surface area contributed by atoms with Gasteiger partial charge in [-0.1, -0.05) is 0 Å². The first-order chi connectivity index (χ1) is 9.27. The third kappa shape index (κ3) is 2.26. The normalized spacial score (nSPS) is 16.5. The summed E-state index contributed by atoms with van der Waals surface area (Å²) in [7, 11) is 0. The maximum atomic E-state index is 12.5. The molecule has 1 amide bonds. The van der Waals surface area contributed by atoms with Crippen LogP contribution >= 0.6 is 11.3 Å². The van der Waals surface area contributed by atoms with Crippen LogP contribution in [0.5, 0.6) is 0 Å². The Kier molecular flexibility index (Phi) is 3.31. The maximum Gasteiger partial charge on any atom is 0.266 e. The number of anilines is 1. The molecule has 0 saturated carbocycles. The molecule has 0 bridgehead atoms. The van der Waals surface area contributed by atoms with Gasteiger partial charge in [0.15, 0.2) is 0 Å². The topological polar surface area (TPSA) is 84.1 Å². The average Bonchev–Trinajstić information content (AvgIpc) is 2.64. The summed E-state index contributed by atoms with van der Waals surface area (Å²) in [5.41, 5.74) is 6.59. The Labute approximate surface area is 114 Å². The summed E-state index contributed by atoms with van der Waals surface area (Å²) in [6.07, 6.45) is 2.56. The standard InChI is InChI=1S/C12H15N5OS/c13-9-8-2-4-15-16-11(8)19-10(9)12(18)17-6-1-3-14-5-7-17/h2,4,14H,1,3,5-7,13H2. The fourth-order valence-electron chi connectivity index (χ4n) is 2.22. The monoisotopic (exact) mass is 277 g/mol. The minimum atomic E-state index is 0.00389. The van der Waals surface area contributed by atoms with Crippen molar-refractivity contribution in [3.8, 4) is 0 Å². The van der Waals surface area contributed by atoms with Crippen molar-refractivity contribution in [3.63, 3.8) is 0 Å². The number of rotatable bonds is 1. The lowest BCUT2D eigenvalue weighted by atomic mass is 10.2. The zero-order valence-electron chi connectivity index (χ0n) is 10.4. The molecule has 19 heavy (non-hydrogen) atoms. The molecular formula is C12H15N5OS. The molecule has 100 valence electrons. The number of nitrogens with one attached hydrogen (secondary N) is 1.